The van der Waals surface area contributed by atoms with E-state index in [2.05, 4.69) is 38.0 Å². The van der Waals surface area contributed by atoms with Crippen LogP contribution in [0.4, 0.5) is 0 Å². The van der Waals surface area contributed by atoms with Gasteiger partial charge in [0.05, 0.1) is 23.8 Å². The van der Waals surface area contributed by atoms with Gasteiger partial charge in [0.15, 0.2) is 0 Å². The van der Waals surface area contributed by atoms with Crippen molar-refractivity contribution in [1.29, 1.82) is 0 Å². The number of methoxy groups -OCH3 is 1. The number of rotatable bonds is 14. The molecule has 1 aromatic heterocycles. The molecule has 0 spiro atoms. The first-order valence-corrected chi connectivity index (χ1v) is 18.2. The van der Waals surface area contributed by atoms with E-state index < -0.39 is 17.4 Å². The van der Waals surface area contributed by atoms with Crippen LogP contribution in [0.1, 0.15) is 53.6 Å². The van der Waals surface area contributed by atoms with Gasteiger partial charge in [0.1, 0.15) is 18.1 Å². The first-order valence-electron chi connectivity index (χ1n) is 18.2. The van der Waals surface area contributed by atoms with Crippen molar-refractivity contribution in [3.8, 4) is 11.4 Å². The number of hydrogen-bond acceptors (Lipinski definition) is 10. The van der Waals surface area contributed by atoms with E-state index in [1.54, 1.807) is 37.1 Å². The van der Waals surface area contributed by atoms with Crippen LogP contribution in [-0.4, -0.2) is 135 Å². The second kappa shape index (κ2) is 17.1. The molecule has 2 fully saturated rings. The third-order valence-electron chi connectivity index (χ3n) is 10.9. The lowest BCUT2D eigenvalue weighted by Crippen LogP contribution is -2.60. The number of aliphatic carboxylic acids is 1. The number of hydrogen-bond donors (Lipinski definition) is 2. The number of carboxylic acid groups (broad SMARTS) is 1. The van der Waals surface area contributed by atoms with Gasteiger partial charge in [0.2, 0.25) is 5.91 Å². The Morgan fingerprint density at radius 1 is 0.943 bits per heavy atom. The SMILES string of the molecule is COc1ccc(-n2cnnn2)cc1C(=O)N(C)CC(CCN1CCC(C(=O)NN2CCN(C(C)C(=O)O)CC2)(c2ccccc2)CC1)c1ccccc1. The lowest BCUT2D eigenvalue weighted by atomic mass is 9.72. The molecule has 6 rings (SSSR count). The number of nitrogens with zero attached hydrogens (tertiary/aromatic N) is 8. The number of hydrazine groups is 1. The largest absolute Gasteiger partial charge is 0.496 e. The lowest BCUT2D eigenvalue weighted by Gasteiger charge is -2.43. The molecule has 2 N–H and O–H groups in total. The van der Waals surface area contributed by atoms with Gasteiger partial charge in [-0.25, -0.2) is 9.69 Å². The van der Waals surface area contributed by atoms with Gasteiger partial charge in [-0.1, -0.05) is 60.7 Å². The number of ether oxygens (including phenoxy) is 1. The van der Waals surface area contributed by atoms with Gasteiger partial charge < -0.3 is 19.6 Å². The number of piperidine rings is 1. The Bertz CT molecular complexity index is 1810. The highest BCUT2D eigenvalue weighted by Gasteiger charge is 2.44. The number of amides is 2. The van der Waals surface area contributed by atoms with E-state index in [0.717, 1.165) is 37.2 Å². The van der Waals surface area contributed by atoms with Crippen LogP contribution < -0.4 is 10.2 Å². The smallest absolute Gasteiger partial charge is 0.320 e. The number of aromatic nitrogens is 4. The van der Waals surface area contributed by atoms with Gasteiger partial charge in [-0.3, -0.25) is 24.7 Å². The van der Waals surface area contributed by atoms with Gasteiger partial charge in [-0.15, -0.1) is 5.10 Å². The van der Waals surface area contributed by atoms with Crippen LogP contribution in [0.3, 0.4) is 0 Å². The summed E-state index contributed by atoms with van der Waals surface area (Å²) >= 11 is 0. The maximum absolute atomic E-state index is 14.2. The van der Waals surface area contributed by atoms with Crippen molar-refractivity contribution in [3.63, 3.8) is 0 Å². The number of carbonyl (C=O) groups excluding carboxylic acids is 2. The van der Waals surface area contributed by atoms with Gasteiger partial charge in [0.25, 0.3) is 5.91 Å². The van der Waals surface area contributed by atoms with Crippen molar-refractivity contribution in [3.05, 3.63) is 102 Å². The van der Waals surface area contributed by atoms with E-state index in [0.29, 0.717) is 62.6 Å². The fraction of sp³-hybridized carbons (Fsp3) is 0.436. The Kier molecular flexibility index (Phi) is 12.1. The molecule has 2 saturated heterocycles. The number of likely N-dealkylation sites (N-methyl/N-ethyl adjacent to an activating group) is 1. The molecule has 3 heterocycles. The van der Waals surface area contributed by atoms with E-state index >= 15 is 0 Å². The average Bonchev–Trinajstić information content (AvgIpc) is 3.75. The maximum Gasteiger partial charge on any atom is 0.320 e. The lowest BCUT2D eigenvalue weighted by molar-refractivity contribution is -0.144. The zero-order valence-corrected chi connectivity index (χ0v) is 30.7. The molecule has 53 heavy (non-hydrogen) atoms. The zero-order valence-electron chi connectivity index (χ0n) is 30.7. The summed E-state index contributed by atoms with van der Waals surface area (Å²) in [6.45, 7) is 6.80. The van der Waals surface area contributed by atoms with Crippen LogP contribution in [0.15, 0.2) is 85.2 Å². The van der Waals surface area contributed by atoms with Crippen LogP contribution in [0.5, 0.6) is 5.75 Å². The number of nitrogens with one attached hydrogen (secondary N) is 1. The van der Waals surface area contributed by atoms with Gasteiger partial charge in [0, 0.05) is 45.7 Å². The third-order valence-corrected chi connectivity index (χ3v) is 10.9. The van der Waals surface area contributed by atoms with Gasteiger partial charge in [-0.2, -0.15) is 0 Å². The topological polar surface area (TPSA) is 149 Å². The Morgan fingerprint density at radius 3 is 2.25 bits per heavy atom. The van der Waals surface area contributed by atoms with Crippen molar-refractivity contribution >= 4 is 17.8 Å². The molecule has 280 valence electrons. The summed E-state index contributed by atoms with van der Waals surface area (Å²) in [5, 5.41) is 22.7. The molecule has 2 atom stereocenters. The highest BCUT2D eigenvalue weighted by Crippen LogP contribution is 2.37. The van der Waals surface area contributed by atoms with E-state index in [1.807, 2.05) is 65.5 Å². The first kappa shape index (κ1) is 37.6. The summed E-state index contributed by atoms with van der Waals surface area (Å²) in [6, 6.07) is 25.1. The van der Waals surface area contributed by atoms with Crippen LogP contribution in [-0.2, 0) is 15.0 Å². The number of piperazine rings is 1. The molecular weight excluding hydrogens is 674 g/mol. The summed E-state index contributed by atoms with van der Waals surface area (Å²) in [5.41, 5.74) is 5.80. The first-order chi connectivity index (χ1) is 25.7. The second-order valence-electron chi connectivity index (χ2n) is 14.0. The van der Waals surface area contributed by atoms with Crippen LogP contribution >= 0.6 is 0 Å². The molecule has 2 amide bonds. The molecule has 0 bridgehead atoms. The summed E-state index contributed by atoms with van der Waals surface area (Å²) in [4.78, 5) is 45.7. The Hall–Kier alpha value is -5.18. The molecule has 0 saturated carbocycles. The molecule has 3 aromatic carbocycles. The Labute approximate surface area is 310 Å². The molecule has 2 unspecified atom stereocenters. The fourth-order valence-electron chi connectivity index (χ4n) is 7.52. The Morgan fingerprint density at radius 2 is 1.62 bits per heavy atom. The van der Waals surface area contributed by atoms with Gasteiger partial charge >= 0.3 is 5.97 Å². The zero-order chi connectivity index (χ0) is 37.4. The Balaban J connectivity index is 1.11. The number of benzene rings is 3. The normalized spacial score (nSPS) is 17.8. The van der Waals surface area contributed by atoms with Crippen molar-refractivity contribution in [2.75, 3.05) is 66.5 Å². The number of likely N-dealkylation sites (tertiary alicyclic amines) is 1. The van der Waals surface area contributed by atoms with Gasteiger partial charge in [-0.05, 0) is 85.6 Å². The van der Waals surface area contributed by atoms with Crippen molar-refractivity contribution in [2.45, 2.75) is 43.6 Å². The summed E-state index contributed by atoms with van der Waals surface area (Å²) in [7, 11) is 3.37. The number of carboxylic acids is 1. The third kappa shape index (κ3) is 8.73. The van der Waals surface area contributed by atoms with Crippen LogP contribution in [0.25, 0.3) is 5.69 Å². The van der Waals surface area contributed by atoms with Crippen molar-refractivity contribution < 1.29 is 24.2 Å². The molecule has 4 aromatic rings. The molecule has 2 aliphatic rings. The van der Waals surface area contributed by atoms with E-state index in [4.69, 9.17) is 4.74 Å². The minimum atomic E-state index is -0.836. The molecule has 0 radical (unpaired) electrons. The molecular formula is C39H49N9O5. The van der Waals surface area contributed by atoms with Crippen molar-refractivity contribution in [2.24, 2.45) is 0 Å². The summed E-state index contributed by atoms with van der Waals surface area (Å²) in [6.07, 6.45) is 3.65. The minimum Gasteiger partial charge on any atom is -0.496 e. The van der Waals surface area contributed by atoms with E-state index in [-0.39, 0.29) is 17.7 Å². The van der Waals surface area contributed by atoms with Crippen LogP contribution in [0, 0.1) is 0 Å². The fourth-order valence-corrected chi connectivity index (χ4v) is 7.52. The second-order valence-corrected chi connectivity index (χ2v) is 14.0. The quantitative estimate of drug-likeness (QED) is 0.198. The monoisotopic (exact) mass is 723 g/mol. The highest BCUT2D eigenvalue weighted by atomic mass is 16.5. The molecule has 14 nitrogen and oxygen atoms in total. The summed E-state index contributed by atoms with van der Waals surface area (Å²) in [5.74, 6) is -0.454. The van der Waals surface area contributed by atoms with E-state index in [1.165, 1.54) is 11.0 Å². The predicted molar refractivity (Wildman–Crippen MR) is 199 cm³/mol. The highest BCUT2D eigenvalue weighted by molar-refractivity contribution is 5.97. The average molecular weight is 724 g/mol. The van der Waals surface area contributed by atoms with Crippen LogP contribution in [0.2, 0.25) is 0 Å². The minimum absolute atomic E-state index is 0.00929. The standard InChI is InChI=1S/C39H49N9O5/c1-29(37(50)51)46-22-24-47(25-23-46)41-38(52)39(32-12-8-5-9-13-32)17-20-45(21-18-39)19-16-31(30-10-6-4-7-11-30)27-44(2)36(49)34-26-33(14-15-35(34)53-3)48-28-40-42-43-48/h4-15,26,28-29,31H,16-25,27H2,1-3H3,(H,41,52)(H,50,51). The number of tetrazole rings is 1. The summed E-state index contributed by atoms with van der Waals surface area (Å²) < 4.78 is 7.07. The molecule has 0 aliphatic carbocycles. The molecule has 14 heteroatoms. The number of carbonyl (C=O) groups is 3. The van der Waals surface area contributed by atoms with Crippen molar-refractivity contribution in [1.82, 2.24) is 45.3 Å². The maximum atomic E-state index is 14.2. The van der Waals surface area contributed by atoms with E-state index in [9.17, 15) is 19.5 Å². The predicted octanol–water partition coefficient (Wildman–Crippen LogP) is 3.07. The molecule has 2 aliphatic heterocycles.